The topological polar surface area (TPSA) is 20.3 Å². The van der Waals surface area contributed by atoms with Gasteiger partial charge in [-0.3, -0.25) is 9.69 Å². The summed E-state index contributed by atoms with van der Waals surface area (Å²) >= 11 is 1.90. The molecule has 1 aliphatic rings. The molecule has 1 heterocycles. The molecule has 2 rings (SSSR count). The summed E-state index contributed by atoms with van der Waals surface area (Å²) in [5.41, 5.74) is -0.0302. The van der Waals surface area contributed by atoms with Crippen LogP contribution in [0, 0.1) is 11.6 Å². The maximum atomic E-state index is 13.7. The first-order valence-corrected chi connectivity index (χ1v) is 7.71. The first kappa shape index (κ1) is 15.4. The molecule has 3 atom stereocenters. The molecule has 1 fully saturated rings. The number of hydrogen-bond donors (Lipinski definition) is 0. The van der Waals surface area contributed by atoms with E-state index >= 15 is 0 Å². The van der Waals surface area contributed by atoms with Crippen molar-refractivity contribution < 1.29 is 13.6 Å². The summed E-state index contributed by atoms with van der Waals surface area (Å²) in [7, 11) is 0. The Hall–Kier alpha value is -0.940. The molecular formula is C15H19F2NOS. The monoisotopic (exact) mass is 299 g/mol. The molecule has 0 radical (unpaired) electrons. The second-order valence-corrected chi connectivity index (χ2v) is 7.26. The quantitative estimate of drug-likeness (QED) is 0.798. The molecule has 1 aromatic carbocycles. The van der Waals surface area contributed by atoms with E-state index in [1.54, 1.807) is 6.92 Å². The Morgan fingerprint density at radius 3 is 2.45 bits per heavy atom. The Bertz CT molecular complexity index is 499. The smallest absolute Gasteiger partial charge is 0.182 e. The van der Waals surface area contributed by atoms with Crippen LogP contribution >= 0.6 is 11.8 Å². The third-order valence-corrected chi connectivity index (χ3v) is 4.80. The second kappa shape index (κ2) is 6.22. The lowest BCUT2D eigenvalue weighted by Crippen LogP contribution is -2.48. The largest absolute Gasteiger partial charge is 0.292 e. The van der Waals surface area contributed by atoms with Gasteiger partial charge in [-0.15, -0.1) is 0 Å². The van der Waals surface area contributed by atoms with Crippen molar-refractivity contribution in [1.82, 2.24) is 4.90 Å². The number of hydrogen-bond acceptors (Lipinski definition) is 3. The molecule has 20 heavy (non-hydrogen) atoms. The predicted molar refractivity (Wildman–Crippen MR) is 78.2 cm³/mol. The zero-order valence-corrected chi connectivity index (χ0v) is 12.7. The number of nitrogens with zero attached hydrogens (tertiary/aromatic N) is 1. The fraction of sp³-hybridized carbons (Fsp3) is 0.533. The minimum atomic E-state index is -0.783. The fourth-order valence-electron chi connectivity index (χ4n) is 2.61. The average Bonchev–Trinajstić information content (AvgIpc) is 2.36. The highest BCUT2D eigenvalue weighted by atomic mass is 32.2. The molecule has 0 amide bonds. The van der Waals surface area contributed by atoms with Crippen LogP contribution in [-0.2, 0) is 0 Å². The van der Waals surface area contributed by atoms with E-state index in [-0.39, 0.29) is 17.4 Å². The van der Waals surface area contributed by atoms with Gasteiger partial charge in [-0.05, 0) is 19.1 Å². The Balaban J connectivity index is 2.15. The number of rotatable bonds is 3. The molecule has 0 N–H and O–H groups in total. The van der Waals surface area contributed by atoms with Crippen LogP contribution in [-0.4, -0.2) is 40.3 Å². The maximum absolute atomic E-state index is 13.7. The molecule has 1 aromatic rings. The van der Waals surface area contributed by atoms with Crippen LogP contribution in [0.1, 0.15) is 31.1 Å². The van der Waals surface area contributed by atoms with Crippen LogP contribution in [0.4, 0.5) is 8.78 Å². The fourth-order valence-corrected chi connectivity index (χ4v) is 3.96. The third kappa shape index (κ3) is 3.38. The van der Waals surface area contributed by atoms with Crippen molar-refractivity contribution in [2.75, 3.05) is 13.1 Å². The van der Waals surface area contributed by atoms with Crippen LogP contribution in [0.3, 0.4) is 0 Å². The molecule has 110 valence electrons. The number of benzene rings is 1. The van der Waals surface area contributed by atoms with Gasteiger partial charge < -0.3 is 0 Å². The lowest BCUT2D eigenvalue weighted by atomic mass is 10.0. The highest BCUT2D eigenvalue weighted by Crippen LogP contribution is 2.27. The number of thioether (sulfide) groups is 1. The van der Waals surface area contributed by atoms with Gasteiger partial charge in [0.05, 0.1) is 11.6 Å². The van der Waals surface area contributed by atoms with E-state index in [4.69, 9.17) is 0 Å². The highest BCUT2D eigenvalue weighted by molar-refractivity contribution is 8.00. The maximum Gasteiger partial charge on any atom is 0.182 e. The Morgan fingerprint density at radius 1 is 1.30 bits per heavy atom. The molecule has 0 saturated carbocycles. The summed E-state index contributed by atoms with van der Waals surface area (Å²) in [5.74, 6) is -1.73. The SMILES string of the molecule is CC1CN(C(C)C(=O)c2ccc(F)cc2F)CC(C)S1. The van der Waals surface area contributed by atoms with Crippen molar-refractivity contribution in [2.45, 2.75) is 37.3 Å². The average molecular weight is 299 g/mol. The van der Waals surface area contributed by atoms with Crippen LogP contribution in [0.15, 0.2) is 18.2 Å². The number of Topliss-reactive ketones (excluding diaryl/α,β-unsaturated/α-hetero) is 1. The van der Waals surface area contributed by atoms with Crippen molar-refractivity contribution in [1.29, 1.82) is 0 Å². The van der Waals surface area contributed by atoms with Crippen molar-refractivity contribution in [2.24, 2.45) is 0 Å². The van der Waals surface area contributed by atoms with Crippen LogP contribution in [0.2, 0.25) is 0 Å². The molecule has 1 aliphatic heterocycles. The lowest BCUT2D eigenvalue weighted by Gasteiger charge is -2.37. The number of halogens is 2. The Morgan fingerprint density at radius 2 is 1.90 bits per heavy atom. The molecule has 5 heteroatoms. The van der Waals surface area contributed by atoms with Crippen molar-refractivity contribution in [3.8, 4) is 0 Å². The van der Waals surface area contributed by atoms with Crippen LogP contribution in [0.5, 0.6) is 0 Å². The van der Waals surface area contributed by atoms with E-state index in [1.165, 1.54) is 6.07 Å². The standard InChI is InChI=1S/C15H19F2NOS/c1-9-7-18(8-10(2)20-9)11(3)15(19)13-5-4-12(16)6-14(13)17/h4-6,9-11H,7-8H2,1-3H3. The van der Waals surface area contributed by atoms with Gasteiger partial charge in [0.25, 0.3) is 0 Å². The third-order valence-electron chi connectivity index (χ3n) is 3.57. The van der Waals surface area contributed by atoms with Crippen LogP contribution in [0.25, 0.3) is 0 Å². The van der Waals surface area contributed by atoms with E-state index in [1.807, 2.05) is 11.8 Å². The van der Waals surface area contributed by atoms with E-state index in [2.05, 4.69) is 18.7 Å². The van der Waals surface area contributed by atoms with E-state index in [0.29, 0.717) is 10.5 Å². The van der Waals surface area contributed by atoms with Gasteiger partial charge in [-0.1, -0.05) is 13.8 Å². The summed E-state index contributed by atoms with van der Waals surface area (Å²) in [4.78, 5) is 14.5. The second-order valence-electron chi connectivity index (χ2n) is 5.38. The normalized spacial score (nSPS) is 25.4. The Labute approximate surface area is 122 Å². The van der Waals surface area contributed by atoms with Crippen molar-refractivity contribution >= 4 is 17.5 Å². The molecular weight excluding hydrogens is 280 g/mol. The van der Waals surface area contributed by atoms with E-state index in [9.17, 15) is 13.6 Å². The van der Waals surface area contributed by atoms with Gasteiger partial charge in [0.1, 0.15) is 11.6 Å². The van der Waals surface area contributed by atoms with Gasteiger partial charge in [-0.25, -0.2) is 8.78 Å². The minimum Gasteiger partial charge on any atom is -0.292 e. The molecule has 0 spiro atoms. The summed E-state index contributed by atoms with van der Waals surface area (Å²) < 4.78 is 26.6. The lowest BCUT2D eigenvalue weighted by molar-refractivity contribution is 0.0832. The van der Waals surface area contributed by atoms with Gasteiger partial charge in [0.2, 0.25) is 0 Å². The number of ketones is 1. The predicted octanol–water partition coefficient (Wildman–Crippen LogP) is 3.36. The highest BCUT2D eigenvalue weighted by Gasteiger charge is 2.30. The molecule has 0 aliphatic carbocycles. The molecule has 2 nitrogen and oxygen atoms in total. The summed E-state index contributed by atoms with van der Waals surface area (Å²) in [6.45, 7) is 7.67. The van der Waals surface area contributed by atoms with Gasteiger partial charge in [-0.2, -0.15) is 11.8 Å². The first-order valence-electron chi connectivity index (χ1n) is 6.77. The Kier molecular flexibility index (Phi) is 4.81. The van der Waals surface area contributed by atoms with E-state index < -0.39 is 11.6 Å². The van der Waals surface area contributed by atoms with E-state index in [0.717, 1.165) is 25.2 Å². The molecule has 0 aromatic heterocycles. The molecule has 0 bridgehead atoms. The van der Waals surface area contributed by atoms with Crippen molar-refractivity contribution in [3.63, 3.8) is 0 Å². The summed E-state index contributed by atoms with van der Waals surface area (Å²) in [5, 5.41) is 0.902. The summed E-state index contributed by atoms with van der Waals surface area (Å²) in [6.07, 6.45) is 0. The van der Waals surface area contributed by atoms with Crippen LogP contribution < -0.4 is 0 Å². The number of carbonyl (C=O) groups excluding carboxylic acids is 1. The summed E-state index contributed by atoms with van der Waals surface area (Å²) in [6, 6.07) is 2.73. The minimum absolute atomic E-state index is 0.0302. The van der Waals surface area contributed by atoms with Gasteiger partial charge in [0.15, 0.2) is 5.78 Å². The van der Waals surface area contributed by atoms with Gasteiger partial charge >= 0.3 is 0 Å². The molecule has 1 saturated heterocycles. The zero-order chi connectivity index (χ0) is 14.9. The van der Waals surface area contributed by atoms with Gasteiger partial charge in [0, 0.05) is 29.7 Å². The molecule has 3 unspecified atom stereocenters. The first-order chi connectivity index (χ1) is 9.38. The van der Waals surface area contributed by atoms with Crippen molar-refractivity contribution in [3.05, 3.63) is 35.4 Å². The zero-order valence-electron chi connectivity index (χ0n) is 11.9. The number of carbonyl (C=O) groups is 1.